The van der Waals surface area contributed by atoms with E-state index in [0.29, 0.717) is 22.3 Å². The van der Waals surface area contributed by atoms with Crippen LogP contribution in [-0.2, 0) is 7.05 Å². The van der Waals surface area contributed by atoms with Gasteiger partial charge in [0.05, 0.1) is 11.8 Å². The number of fused-ring (bicyclic) bond motifs is 1. The van der Waals surface area contributed by atoms with Gasteiger partial charge < -0.3 is 9.88 Å². The number of aryl methyl sites for hydroxylation is 1. The third kappa shape index (κ3) is 2.46. The number of benzene rings is 1. The minimum Gasteiger partial charge on any atom is -0.332 e. The highest BCUT2D eigenvalue weighted by Crippen LogP contribution is 2.33. The Morgan fingerprint density at radius 1 is 1.19 bits per heavy atom. The van der Waals surface area contributed by atoms with Gasteiger partial charge in [0.15, 0.2) is 10.3 Å². The molecule has 7 heteroatoms. The number of nitrogens with zero attached hydrogens (tertiary/aromatic N) is 3. The second-order valence-electron chi connectivity index (χ2n) is 4.44. The van der Waals surface area contributed by atoms with Gasteiger partial charge in [-0.3, -0.25) is 4.79 Å². The molecule has 1 aromatic carbocycles. The molecule has 21 heavy (non-hydrogen) atoms. The zero-order valence-corrected chi connectivity index (χ0v) is 12.5. The summed E-state index contributed by atoms with van der Waals surface area (Å²) in [5.41, 5.74) is 2.04. The summed E-state index contributed by atoms with van der Waals surface area (Å²) in [4.78, 5) is 20.4. The second kappa shape index (κ2) is 5.35. The van der Waals surface area contributed by atoms with Crippen molar-refractivity contribution in [3.63, 3.8) is 0 Å². The number of halogens is 2. The smallest absolute Gasteiger partial charge is 0.255 e. The lowest BCUT2D eigenvalue weighted by Crippen LogP contribution is -2.13. The molecule has 1 N–H and O–H groups in total. The highest BCUT2D eigenvalue weighted by Gasteiger charge is 2.18. The first-order valence-corrected chi connectivity index (χ1v) is 6.86. The molecule has 1 amide bonds. The van der Waals surface area contributed by atoms with Crippen molar-refractivity contribution < 1.29 is 4.79 Å². The van der Waals surface area contributed by atoms with Crippen molar-refractivity contribution in [2.75, 3.05) is 5.32 Å². The first-order valence-electron chi connectivity index (χ1n) is 6.10. The van der Waals surface area contributed by atoms with Crippen molar-refractivity contribution in [2.24, 2.45) is 7.05 Å². The topological polar surface area (TPSA) is 59.8 Å². The van der Waals surface area contributed by atoms with Crippen LogP contribution in [-0.4, -0.2) is 20.4 Å². The van der Waals surface area contributed by atoms with Gasteiger partial charge in [0.1, 0.15) is 11.2 Å². The van der Waals surface area contributed by atoms with Crippen molar-refractivity contribution in [1.82, 2.24) is 14.5 Å². The summed E-state index contributed by atoms with van der Waals surface area (Å²) in [6, 6.07) is 8.85. The molecule has 0 unspecified atom stereocenters. The molecular formula is C14H10Cl2N4O. The molecule has 2 aromatic heterocycles. The number of nitrogens with one attached hydrogen (secondary N) is 1. The predicted octanol–water partition coefficient (Wildman–Crippen LogP) is 3.53. The number of imidazole rings is 1. The van der Waals surface area contributed by atoms with Gasteiger partial charge in [0.25, 0.3) is 5.91 Å². The lowest BCUT2D eigenvalue weighted by atomic mass is 10.2. The fourth-order valence-corrected chi connectivity index (χ4v) is 2.54. The van der Waals surface area contributed by atoms with Crippen LogP contribution in [0.25, 0.3) is 11.0 Å². The summed E-state index contributed by atoms with van der Waals surface area (Å²) >= 11 is 12.1. The Morgan fingerprint density at radius 3 is 2.62 bits per heavy atom. The highest BCUT2D eigenvalue weighted by molar-refractivity contribution is 6.38. The number of aromatic nitrogens is 3. The van der Waals surface area contributed by atoms with Gasteiger partial charge in [-0.15, -0.1) is 0 Å². The number of hydrogen-bond acceptors (Lipinski definition) is 3. The zero-order chi connectivity index (χ0) is 15.0. The van der Waals surface area contributed by atoms with E-state index in [4.69, 9.17) is 23.2 Å². The Bertz CT molecular complexity index is 830. The number of amides is 1. The molecule has 0 atom stereocenters. The Morgan fingerprint density at radius 2 is 1.90 bits per heavy atom. The normalized spacial score (nSPS) is 10.8. The molecule has 2 heterocycles. The minimum absolute atomic E-state index is 0.125. The Labute approximate surface area is 130 Å². The highest BCUT2D eigenvalue weighted by atomic mass is 35.5. The van der Waals surface area contributed by atoms with E-state index in [1.165, 1.54) is 0 Å². The van der Waals surface area contributed by atoms with Crippen molar-refractivity contribution >= 4 is 45.8 Å². The van der Waals surface area contributed by atoms with E-state index in [2.05, 4.69) is 15.3 Å². The summed E-state index contributed by atoms with van der Waals surface area (Å²) in [6.45, 7) is 0. The van der Waals surface area contributed by atoms with Crippen LogP contribution in [0, 0.1) is 0 Å². The van der Waals surface area contributed by atoms with E-state index < -0.39 is 0 Å². The lowest BCUT2D eigenvalue weighted by Gasteiger charge is -2.10. The summed E-state index contributed by atoms with van der Waals surface area (Å²) in [7, 11) is 1.79. The molecule has 0 fully saturated rings. The standard InChI is InChI=1S/C14H10Cl2N4O/c1-20-7-17-9-11(20)10(13(16)19-12(9)15)18-14(21)8-5-3-2-4-6-8/h2-7H,1H3,(H,18,21). The molecule has 0 spiro atoms. The lowest BCUT2D eigenvalue weighted by molar-refractivity contribution is 0.102. The van der Waals surface area contributed by atoms with Crippen LogP contribution < -0.4 is 5.32 Å². The molecule has 0 saturated carbocycles. The molecule has 0 bridgehead atoms. The molecule has 0 radical (unpaired) electrons. The number of rotatable bonds is 2. The maximum absolute atomic E-state index is 12.3. The molecule has 0 aliphatic heterocycles. The van der Waals surface area contributed by atoms with Crippen LogP contribution >= 0.6 is 23.2 Å². The summed E-state index contributed by atoms with van der Waals surface area (Å²) in [6.07, 6.45) is 1.59. The van der Waals surface area contributed by atoms with Crippen molar-refractivity contribution in [2.45, 2.75) is 0 Å². The molecule has 0 aliphatic rings. The van der Waals surface area contributed by atoms with E-state index in [1.807, 2.05) is 6.07 Å². The van der Waals surface area contributed by atoms with Crippen LogP contribution in [0.4, 0.5) is 5.69 Å². The van der Waals surface area contributed by atoms with Gasteiger partial charge >= 0.3 is 0 Å². The van der Waals surface area contributed by atoms with Crippen molar-refractivity contribution in [3.05, 3.63) is 52.5 Å². The monoisotopic (exact) mass is 320 g/mol. The molecule has 3 aromatic rings. The molecule has 5 nitrogen and oxygen atoms in total. The molecule has 3 rings (SSSR count). The molecule has 106 valence electrons. The molecule has 0 aliphatic carbocycles. The van der Waals surface area contributed by atoms with E-state index in [9.17, 15) is 4.79 Å². The van der Waals surface area contributed by atoms with Crippen molar-refractivity contribution in [3.8, 4) is 0 Å². The minimum atomic E-state index is -0.274. The number of carbonyl (C=O) groups excluding carboxylic acids is 1. The SMILES string of the molecule is Cn1cnc2c(Cl)nc(Cl)c(NC(=O)c3ccccc3)c21. The fraction of sp³-hybridized carbons (Fsp3) is 0.0714. The quantitative estimate of drug-likeness (QED) is 0.735. The third-order valence-electron chi connectivity index (χ3n) is 3.05. The Balaban J connectivity index is 2.09. The summed E-state index contributed by atoms with van der Waals surface area (Å²) in [5, 5.41) is 3.10. The van der Waals surface area contributed by atoms with Crippen LogP contribution in [0.3, 0.4) is 0 Å². The van der Waals surface area contributed by atoms with Gasteiger partial charge in [0, 0.05) is 12.6 Å². The maximum atomic E-state index is 12.3. The van der Waals surface area contributed by atoms with E-state index in [-0.39, 0.29) is 16.2 Å². The largest absolute Gasteiger partial charge is 0.332 e. The van der Waals surface area contributed by atoms with Crippen molar-refractivity contribution in [1.29, 1.82) is 0 Å². The number of anilines is 1. The molecule has 0 saturated heterocycles. The third-order valence-corrected chi connectivity index (χ3v) is 3.58. The number of hydrogen-bond donors (Lipinski definition) is 1. The van der Waals surface area contributed by atoms with Gasteiger partial charge in [-0.05, 0) is 12.1 Å². The van der Waals surface area contributed by atoms with Crippen LogP contribution in [0.2, 0.25) is 10.3 Å². The van der Waals surface area contributed by atoms with E-state index >= 15 is 0 Å². The number of pyridine rings is 1. The fourth-order valence-electron chi connectivity index (χ4n) is 2.05. The van der Waals surface area contributed by atoms with Gasteiger partial charge in [-0.2, -0.15) is 0 Å². The second-order valence-corrected chi connectivity index (χ2v) is 5.16. The number of carbonyl (C=O) groups is 1. The molecular weight excluding hydrogens is 311 g/mol. The maximum Gasteiger partial charge on any atom is 0.255 e. The first-order chi connectivity index (χ1) is 10.1. The average Bonchev–Trinajstić information content (AvgIpc) is 2.87. The summed E-state index contributed by atoms with van der Waals surface area (Å²) < 4.78 is 1.73. The van der Waals surface area contributed by atoms with Gasteiger partial charge in [-0.1, -0.05) is 41.4 Å². The predicted molar refractivity (Wildman–Crippen MR) is 82.9 cm³/mol. The van der Waals surface area contributed by atoms with Gasteiger partial charge in [-0.25, -0.2) is 9.97 Å². The van der Waals surface area contributed by atoms with E-state index in [1.54, 1.807) is 42.2 Å². The Hall–Kier alpha value is -2.11. The van der Waals surface area contributed by atoms with Crippen LogP contribution in [0.1, 0.15) is 10.4 Å². The zero-order valence-electron chi connectivity index (χ0n) is 11.0. The van der Waals surface area contributed by atoms with Crippen LogP contribution in [0.5, 0.6) is 0 Å². The van der Waals surface area contributed by atoms with Crippen LogP contribution in [0.15, 0.2) is 36.7 Å². The Kier molecular flexibility index (Phi) is 3.53. The van der Waals surface area contributed by atoms with E-state index in [0.717, 1.165) is 0 Å². The first kappa shape index (κ1) is 13.9. The summed E-state index contributed by atoms with van der Waals surface area (Å²) in [5.74, 6) is -0.274. The average molecular weight is 321 g/mol. The van der Waals surface area contributed by atoms with Gasteiger partial charge in [0.2, 0.25) is 0 Å².